The topological polar surface area (TPSA) is 58.9 Å². The lowest BCUT2D eigenvalue weighted by atomic mass is 10.1. The molecular weight excluding hydrogens is 352 g/mol. The van der Waals surface area contributed by atoms with Crippen LogP contribution < -0.4 is 9.47 Å². The van der Waals surface area contributed by atoms with Crippen molar-refractivity contribution in [2.45, 2.75) is 64.6 Å². The average molecular weight is 387 g/mol. The molecule has 2 aromatic carbocycles. The van der Waals surface area contributed by atoms with Crippen molar-refractivity contribution in [1.82, 2.24) is 0 Å². The number of hydrogen-bond acceptors (Lipinski definition) is 4. The smallest absolute Gasteiger partial charge is 0.119 e. The highest BCUT2D eigenvalue weighted by Crippen LogP contribution is 2.25. The van der Waals surface area contributed by atoms with Crippen LogP contribution in [0, 0.1) is 0 Å². The van der Waals surface area contributed by atoms with Gasteiger partial charge in [0.1, 0.15) is 11.5 Å². The summed E-state index contributed by atoms with van der Waals surface area (Å²) >= 11 is 0. The number of aliphatic hydroxyl groups excluding tert-OH is 2. The zero-order valence-electron chi connectivity index (χ0n) is 17.1. The highest BCUT2D eigenvalue weighted by atomic mass is 16.5. The molecule has 0 heterocycles. The van der Waals surface area contributed by atoms with Crippen molar-refractivity contribution in [1.29, 1.82) is 0 Å². The molecule has 0 aliphatic heterocycles. The first-order valence-electron chi connectivity index (χ1n) is 10.4. The zero-order valence-corrected chi connectivity index (χ0v) is 17.1. The maximum Gasteiger partial charge on any atom is 0.119 e. The van der Waals surface area contributed by atoms with Gasteiger partial charge in [-0.25, -0.2) is 0 Å². The van der Waals surface area contributed by atoms with E-state index in [1.807, 2.05) is 38.1 Å². The highest BCUT2D eigenvalue weighted by molar-refractivity contribution is 5.64. The maximum atomic E-state index is 9.25. The molecule has 0 radical (unpaired) electrons. The second-order valence-corrected chi connectivity index (χ2v) is 7.44. The Bertz CT molecular complexity index is 588. The third-order valence-corrected chi connectivity index (χ3v) is 4.61. The predicted molar refractivity (Wildman–Crippen MR) is 114 cm³/mol. The molecule has 2 unspecified atom stereocenters. The Hall–Kier alpha value is -2.04. The van der Waals surface area contributed by atoms with Gasteiger partial charge in [0.2, 0.25) is 0 Å². The Kier molecular flexibility index (Phi) is 9.87. The largest absolute Gasteiger partial charge is 0.494 e. The van der Waals surface area contributed by atoms with E-state index in [0.717, 1.165) is 61.2 Å². The lowest BCUT2D eigenvalue weighted by Gasteiger charge is -2.09. The molecule has 0 spiro atoms. The predicted octanol–water partition coefficient (Wildman–Crippen LogP) is 5.21. The highest BCUT2D eigenvalue weighted by Gasteiger charge is 2.02. The van der Waals surface area contributed by atoms with Crippen LogP contribution in [-0.4, -0.2) is 35.6 Å². The van der Waals surface area contributed by atoms with Crippen LogP contribution in [-0.2, 0) is 0 Å². The lowest BCUT2D eigenvalue weighted by Crippen LogP contribution is -2.02. The number of hydrogen-bond donors (Lipinski definition) is 2. The third-order valence-electron chi connectivity index (χ3n) is 4.61. The van der Waals surface area contributed by atoms with Gasteiger partial charge in [0.25, 0.3) is 0 Å². The Morgan fingerprint density at radius 3 is 1.29 bits per heavy atom. The first-order valence-corrected chi connectivity index (χ1v) is 10.4. The Labute approximate surface area is 169 Å². The van der Waals surface area contributed by atoms with Crippen molar-refractivity contribution in [2.75, 3.05) is 13.2 Å². The zero-order chi connectivity index (χ0) is 20.2. The van der Waals surface area contributed by atoms with Crippen molar-refractivity contribution in [3.63, 3.8) is 0 Å². The molecule has 4 nitrogen and oxygen atoms in total. The second-order valence-electron chi connectivity index (χ2n) is 7.44. The molecule has 2 aromatic rings. The van der Waals surface area contributed by atoms with Gasteiger partial charge in [-0.05, 0) is 87.8 Å². The molecule has 0 aliphatic rings. The van der Waals surface area contributed by atoms with Gasteiger partial charge in [-0.2, -0.15) is 0 Å². The molecule has 2 rings (SSSR count). The van der Waals surface area contributed by atoms with Crippen LogP contribution in [0.5, 0.6) is 11.5 Å². The molecule has 28 heavy (non-hydrogen) atoms. The van der Waals surface area contributed by atoms with E-state index in [-0.39, 0.29) is 12.2 Å². The van der Waals surface area contributed by atoms with Crippen LogP contribution in [0.15, 0.2) is 48.5 Å². The summed E-state index contributed by atoms with van der Waals surface area (Å²) < 4.78 is 11.5. The van der Waals surface area contributed by atoms with Gasteiger partial charge >= 0.3 is 0 Å². The molecule has 0 aliphatic carbocycles. The number of rotatable bonds is 13. The van der Waals surface area contributed by atoms with E-state index < -0.39 is 0 Å². The summed E-state index contributed by atoms with van der Waals surface area (Å²) in [6, 6.07) is 16.3. The molecular formula is C24H34O4. The molecule has 0 aromatic heterocycles. The summed E-state index contributed by atoms with van der Waals surface area (Å²) in [6.45, 7) is 4.99. The first kappa shape index (κ1) is 22.3. The molecule has 2 atom stereocenters. The van der Waals surface area contributed by atoms with Gasteiger partial charge in [0.15, 0.2) is 0 Å². The van der Waals surface area contributed by atoms with E-state index >= 15 is 0 Å². The minimum absolute atomic E-state index is 0.230. The quantitative estimate of drug-likeness (QED) is 0.464. The summed E-state index contributed by atoms with van der Waals surface area (Å²) in [7, 11) is 0. The van der Waals surface area contributed by atoms with E-state index in [1.54, 1.807) is 0 Å². The van der Waals surface area contributed by atoms with E-state index in [2.05, 4.69) is 24.3 Å². The van der Waals surface area contributed by atoms with Gasteiger partial charge in [0.05, 0.1) is 25.4 Å². The molecule has 0 amide bonds. The number of unbranched alkanes of at least 4 members (excludes halogenated alkanes) is 2. The minimum Gasteiger partial charge on any atom is -0.494 e. The minimum atomic E-state index is -0.230. The third kappa shape index (κ3) is 8.77. The fourth-order valence-corrected chi connectivity index (χ4v) is 2.95. The van der Waals surface area contributed by atoms with Crippen LogP contribution in [0.25, 0.3) is 11.1 Å². The number of benzene rings is 2. The van der Waals surface area contributed by atoms with E-state index in [9.17, 15) is 10.2 Å². The second kappa shape index (κ2) is 12.4. The van der Waals surface area contributed by atoms with Crippen molar-refractivity contribution >= 4 is 0 Å². The van der Waals surface area contributed by atoms with E-state index in [1.165, 1.54) is 0 Å². The summed E-state index contributed by atoms with van der Waals surface area (Å²) in [5.74, 6) is 1.75. The van der Waals surface area contributed by atoms with Crippen LogP contribution in [0.3, 0.4) is 0 Å². The van der Waals surface area contributed by atoms with E-state index in [4.69, 9.17) is 9.47 Å². The van der Waals surface area contributed by atoms with Gasteiger partial charge < -0.3 is 19.7 Å². The van der Waals surface area contributed by atoms with Crippen LogP contribution in [0.2, 0.25) is 0 Å². The van der Waals surface area contributed by atoms with Crippen molar-refractivity contribution < 1.29 is 19.7 Å². The Morgan fingerprint density at radius 1 is 0.607 bits per heavy atom. The first-order chi connectivity index (χ1) is 13.5. The van der Waals surface area contributed by atoms with Gasteiger partial charge in [-0.15, -0.1) is 0 Å². The summed E-state index contributed by atoms with van der Waals surface area (Å²) in [4.78, 5) is 0. The van der Waals surface area contributed by atoms with Gasteiger partial charge in [-0.1, -0.05) is 24.3 Å². The molecule has 0 saturated heterocycles. The number of ether oxygens (including phenoxy) is 2. The van der Waals surface area contributed by atoms with Crippen LogP contribution in [0.4, 0.5) is 0 Å². The van der Waals surface area contributed by atoms with E-state index in [0.29, 0.717) is 13.2 Å². The molecule has 0 saturated carbocycles. The van der Waals surface area contributed by atoms with Crippen molar-refractivity contribution in [3.05, 3.63) is 48.5 Å². The molecule has 0 fully saturated rings. The molecule has 0 bridgehead atoms. The Morgan fingerprint density at radius 2 is 0.964 bits per heavy atom. The fraction of sp³-hybridized carbons (Fsp3) is 0.500. The van der Waals surface area contributed by atoms with Crippen molar-refractivity contribution in [2.24, 2.45) is 0 Å². The SMILES string of the molecule is CC(O)CCCCOc1ccc(-c2ccc(OCCCCC(C)O)cc2)cc1. The van der Waals surface area contributed by atoms with Crippen LogP contribution in [0.1, 0.15) is 52.4 Å². The van der Waals surface area contributed by atoms with Gasteiger partial charge in [-0.3, -0.25) is 0 Å². The fourth-order valence-electron chi connectivity index (χ4n) is 2.95. The monoisotopic (exact) mass is 386 g/mol. The maximum absolute atomic E-state index is 9.25. The Balaban J connectivity index is 1.74. The molecule has 154 valence electrons. The molecule has 4 heteroatoms. The van der Waals surface area contributed by atoms with Gasteiger partial charge in [0, 0.05) is 0 Å². The standard InChI is InChI=1S/C24H34O4/c1-19(25)7-3-5-17-27-23-13-9-21(10-14-23)22-11-15-24(16-12-22)28-18-6-4-8-20(2)26/h9-16,19-20,25-26H,3-8,17-18H2,1-2H3. The normalized spacial score (nSPS) is 13.1. The summed E-state index contributed by atoms with van der Waals surface area (Å²) in [5, 5.41) is 18.5. The molecule has 2 N–H and O–H groups in total. The summed E-state index contributed by atoms with van der Waals surface area (Å²) in [5.41, 5.74) is 2.29. The number of aliphatic hydroxyl groups is 2. The summed E-state index contributed by atoms with van der Waals surface area (Å²) in [6.07, 6.45) is 5.04. The lowest BCUT2D eigenvalue weighted by molar-refractivity contribution is 0.176. The van der Waals surface area contributed by atoms with Crippen LogP contribution >= 0.6 is 0 Å². The average Bonchev–Trinajstić information content (AvgIpc) is 2.68. The van der Waals surface area contributed by atoms with Crippen molar-refractivity contribution in [3.8, 4) is 22.6 Å².